The van der Waals surface area contributed by atoms with Gasteiger partial charge >= 0.3 is 0 Å². The van der Waals surface area contributed by atoms with Crippen LogP contribution in [0.1, 0.15) is 32.3 Å². The molecule has 0 bridgehead atoms. The fourth-order valence-corrected chi connectivity index (χ4v) is 2.24. The van der Waals surface area contributed by atoms with E-state index >= 15 is 0 Å². The Morgan fingerprint density at radius 2 is 1.94 bits per heavy atom. The van der Waals surface area contributed by atoms with Crippen LogP contribution in [0, 0.1) is 5.92 Å². The van der Waals surface area contributed by atoms with E-state index < -0.39 is 0 Å². The van der Waals surface area contributed by atoms with E-state index in [-0.39, 0.29) is 0 Å². The number of nitrogens with one attached hydrogen (secondary N) is 1. The maximum Gasteiger partial charge on any atom is 0.0206 e. The average molecular weight is 246 g/mol. The summed E-state index contributed by atoms with van der Waals surface area (Å²) in [7, 11) is 0. The molecule has 1 saturated carbocycles. The Labute approximate surface area is 111 Å². The molecular weight excluding hydrogens is 220 g/mol. The molecule has 0 aromatic heterocycles. The number of hydrogen-bond acceptors (Lipinski definition) is 2. The lowest BCUT2D eigenvalue weighted by Gasteiger charge is -2.26. The first-order chi connectivity index (χ1) is 8.75. The van der Waals surface area contributed by atoms with Crippen LogP contribution in [0.2, 0.25) is 0 Å². The molecule has 1 aliphatic rings. The molecule has 0 unspecified atom stereocenters. The third-order valence-electron chi connectivity index (χ3n) is 3.67. The summed E-state index contributed by atoms with van der Waals surface area (Å²) in [6, 6.07) is 11.3. The van der Waals surface area contributed by atoms with Crippen LogP contribution in [0.4, 0.5) is 0 Å². The van der Waals surface area contributed by atoms with Crippen LogP contribution in [0.3, 0.4) is 0 Å². The van der Waals surface area contributed by atoms with Crippen molar-refractivity contribution >= 4 is 0 Å². The van der Waals surface area contributed by atoms with Crippen molar-refractivity contribution in [3.8, 4) is 0 Å². The Morgan fingerprint density at radius 3 is 2.56 bits per heavy atom. The highest BCUT2D eigenvalue weighted by Crippen LogP contribution is 2.30. The van der Waals surface area contributed by atoms with Gasteiger partial charge in [-0.2, -0.15) is 0 Å². The molecule has 0 heterocycles. The van der Waals surface area contributed by atoms with E-state index in [1.54, 1.807) is 0 Å². The first-order valence-corrected chi connectivity index (χ1v) is 7.24. The molecule has 2 rings (SSSR count). The van der Waals surface area contributed by atoms with E-state index in [1.807, 2.05) is 0 Å². The highest BCUT2D eigenvalue weighted by Gasteiger charge is 2.24. The summed E-state index contributed by atoms with van der Waals surface area (Å²) in [5, 5.41) is 3.54. The zero-order valence-corrected chi connectivity index (χ0v) is 11.7. The monoisotopic (exact) mass is 246 g/mol. The second-order valence-corrected chi connectivity index (χ2v) is 5.69. The fourth-order valence-electron chi connectivity index (χ4n) is 2.24. The minimum Gasteiger partial charge on any atom is -0.311 e. The van der Waals surface area contributed by atoms with Crippen molar-refractivity contribution in [2.24, 2.45) is 5.92 Å². The standard InChI is InChI=1S/C16H26N2/c1-14(2)18(13-16-8-9-16)11-10-17-12-15-6-4-3-5-7-15/h3-7,14,16-17H,8-13H2,1-2H3. The normalized spacial score (nSPS) is 15.6. The lowest BCUT2D eigenvalue weighted by molar-refractivity contribution is 0.213. The van der Waals surface area contributed by atoms with E-state index in [0.717, 1.165) is 19.0 Å². The van der Waals surface area contributed by atoms with Gasteiger partial charge in [0.05, 0.1) is 0 Å². The third kappa shape index (κ3) is 4.79. The van der Waals surface area contributed by atoms with Crippen LogP contribution in [0.25, 0.3) is 0 Å². The fraction of sp³-hybridized carbons (Fsp3) is 0.625. The summed E-state index contributed by atoms with van der Waals surface area (Å²) >= 11 is 0. The molecule has 0 saturated heterocycles. The topological polar surface area (TPSA) is 15.3 Å². The van der Waals surface area contributed by atoms with Gasteiger partial charge < -0.3 is 5.32 Å². The van der Waals surface area contributed by atoms with Gasteiger partial charge in [-0.15, -0.1) is 0 Å². The lowest BCUT2D eigenvalue weighted by atomic mass is 10.2. The molecule has 0 radical (unpaired) electrons. The zero-order chi connectivity index (χ0) is 12.8. The highest BCUT2D eigenvalue weighted by molar-refractivity contribution is 5.14. The Morgan fingerprint density at radius 1 is 1.22 bits per heavy atom. The summed E-state index contributed by atoms with van der Waals surface area (Å²) in [6.07, 6.45) is 2.89. The first-order valence-electron chi connectivity index (χ1n) is 7.24. The summed E-state index contributed by atoms with van der Waals surface area (Å²) in [4.78, 5) is 2.61. The van der Waals surface area contributed by atoms with Crippen molar-refractivity contribution in [1.29, 1.82) is 0 Å². The average Bonchev–Trinajstić information content (AvgIpc) is 3.18. The molecule has 0 spiro atoms. The third-order valence-corrected chi connectivity index (χ3v) is 3.67. The molecule has 1 aliphatic carbocycles. The van der Waals surface area contributed by atoms with Crippen molar-refractivity contribution in [2.75, 3.05) is 19.6 Å². The van der Waals surface area contributed by atoms with Gasteiger partial charge in [0.25, 0.3) is 0 Å². The molecule has 0 aliphatic heterocycles. The maximum absolute atomic E-state index is 3.54. The highest BCUT2D eigenvalue weighted by atomic mass is 15.2. The molecule has 2 nitrogen and oxygen atoms in total. The minimum absolute atomic E-state index is 0.670. The van der Waals surface area contributed by atoms with Crippen molar-refractivity contribution in [3.63, 3.8) is 0 Å². The molecular formula is C16H26N2. The molecule has 1 N–H and O–H groups in total. The van der Waals surface area contributed by atoms with Crippen molar-refractivity contribution in [2.45, 2.75) is 39.3 Å². The summed E-state index contributed by atoms with van der Waals surface area (Å²) in [5.41, 5.74) is 1.37. The second-order valence-electron chi connectivity index (χ2n) is 5.69. The van der Waals surface area contributed by atoms with E-state index in [2.05, 4.69) is 54.4 Å². The lowest BCUT2D eigenvalue weighted by Crippen LogP contribution is -2.38. The Hall–Kier alpha value is -0.860. The number of hydrogen-bond donors (Lipinski definition) is 1. The minimum atomic E-state index is 0.670. The van der Waals surface area contributed by atoms with Gasteiger partial charge in [-0.3, -0.25) is 4.90 Å². The van der Waals surface area contributed by atoms with Crippen LogP contribution in [-0.2, 0) is 6.54 Å². The van der Waals surface area contributed by atoms with Crippen LogP contribution in [0.15, 0.2) is 30.3 Å². The van der Waals surface area contributed by atoms with E-state index in [1.165, 1.54) is 31.5 Å². The number of benzene rings is 1. The van der Waals surface area contributed by atoms with Gasteiger partial charge in [0.2, 0.25) is 0 Å². The molecule has 0 atom stereocenters. The summed E-state index contributed by atoms with van der Waals surface area (Å²) in [5.74, 6) is 0.988. The SMILES string of the molecule is CC(C)N(CCNCc1ccccc1)CC1CC1. The van der Waals surface area contributed by atoms with Crippen molar-refractivity contribution in [1.82, 2.24) is 10.2 Å². The molecule has 100 valence electrons. The van der Waals surface area contributed by atoms with E-state index in [9.17, 15) is 0 Å². The smallest absolute Gasteiger partial charge is 0.0206 e. The summed E-state index contributed by atoms with van der Waals surface area (Å²) in [6.45, 7) is 9.14. The number of rotatable bonds is 8. The maximum atomic E-state index is 3.54. The van der Waals surface area contributed by atoms with Crippen molar-refractivity contribution < 1.29 is 0 Å². The van der Waals surface area contributed by atoms with Gasteiger partial charge in [-0.25, -0.2) is 0 Å². The quantitative estimate of drug-likeness (QED) is 0.710. The van der Waals surface area contributed by atoms with E-state index in [4.69, 9.17) is 0 Å². The molecule has 0 amide bonds. The van der Waals surface area contributed by atoms with Gasteiger partial charge in [-0.1, -0.05) is 30.3 Å². The Balaban J connectivity index is 1.63. The van der Waals surface area contributed by atoms with Crippen LogP contribution in [0.5, 0.6) is 0 Å². The molecule has 1 aromatic carbocycles. The van der Waals surface area contributed by atoms with Gasteiger partial charge in [0, 0.05) is 32.2 Å². The van der Waals surface area contributed by atoms with Crippen LogP contribution >= 0.6 is 0 Å². The number of nitrogens with zero attached hydrogens (tertiary/aromatic N) is 1. The predicted molar refractivity (Wildman–Crippen MR) is 77.6 cm³/mol. The second kappa shape index (κ2) is 6.91. The predicted octanol–water partition coefficient (Wildman–Crippen LogP) is 2.90. The Kier molecular flexibility index (Phi) is 5.21. The molecule has 1 fully saturated rings. The van der Waals surface area contributed by atoms with Gasteiger partial charge in [-0.05, 0) is 38.2 Å². The van der Waals surface area contributed by atoms with Crippen molar-refractivity contribution in [3.05, 3.63) is 35.9 Å². The first kappa shape index (κ1) is 13.6. The Bertz CT molecular complexity index is 330. The summed E-state index contributed by atoms with van der Waals surface area (Å²) < 4.78 is 0. The largest absolute Gasteiger partial charge is 0.311 e. The molecule has 1 aromatic rings. The molecule has 18 heavy (non-hydrogen) atoms. The van der Waals surface area contributed by atoms with Gasteiger partial charge in [0.1, 0.15) is 0 Å². The van der Waals surface area contributed by atoms with Gasteiger partial charge in [0.15, 0.2) is 0 Å². The van der Waals surface area contributed by atoms with Crippen LogP contribution in [-0.4, -0.2) is 30.6 Å². The van der Waals surface area contributed by atoms with Crippen LogP contribution < -0.4 is 5.32 Å². The molecule has 2 heteroatoms. The zero-order valence-electron chi connectivity index (χ0n) is 11.7. The van der Waals surface area contributed by atoms with E-state index in [0.29, 0.717) is 6.04 Å².